The highest BCUT2D eigenvalue weighted by Crippen LogP contribution is 2.27. The van der Waals surface area contributed by atoms with Crippen molar-refractivity contribution in [2.24, 2.45) is 5.73 Å². The maximum absolute atomic E-state index is 5.91. The van der Waals surface area contributed by atoms with Crippen LogP contribution in [0.4, 0.5) is 0 Å². The summed E-state index contributed by atoms with van der Waals surface area (Å²) in [5.74, 6) is 0.850. The van der Waals surface area contributed by atoms with Gasteiger partial charge in [0.25, 0.3) is 0 Å². The second-order valence-electron chi connectivity index (χ2n) is 3.67. The number of hydrogen-bond donors (Lipinski definition) is 1. The molecule has 0 aromatic heterocycles. The van der Waals surface area contributed by atoms with Gasteiger partial charge in [-0.25, -0.2) is 0 Å². The summed E-state index contributed by atoms with van der Waals surface area (Å²) in [4.78, 5) is 0. The lowest BCUT2D eigenvalue weighted by molar-refractivity contribution is 0.305. The Morgan fingerprint density at radius 2 is 2.20 bits per heavy atom. The molecular weight excluding hydrogens is 210 g/mol. The van der Waals surface area contributed by atoms with Gasteiger partial charge in [-0.15, -0.1) is 0 Å². The molecule has 0 saturated carbocycles. The average Bonchev–Trinajstić information content (AvgIpc) is 2.20. The van der Waals surface area contributed by atoms with Crippen molar-refractivity contribution in [3.05, 3.63) is 28.8 Å². The number of rotatable bonds is 5. The minimum atomic E-state index is -0.0553. The molecule has 0 saturated heterocycles. The van der Waals surface area contributed by atoms with Gasteiger partial charge < -0.3 is 10.5 Å². The van der Waals surface area contributed by atoms with E-state index in [4.69, 9.17) is 22.1 Å². The standard InChI is InChI=1S/C12H18ClNO/c1-3-4-7-15-12-6-5-10(13)8-11(12)9(2)14/h5-6,8-9H,3-4,7,14H2,1-2H3/t9-/m1/s1. The monoisotopic (exact) mass is 227 g/mol. The molecule has 1 aromatic carbocycles. The molecule has 1 aromatic rings. The maximum atomic E-state index is 5.91. The van der Waals surface area contributed by atoms with Crippen molar-refractivity contribution in [3.8, 4) is 5.75 Å². The van der Waals surface area contributed by atoms with E-state index < -0.39 is 0 Å². The average molecular weight is 228 g/mol. The zero-order valence-electron chi connectivity index (χ0n) is 9.29. The van der Waals surface area contributed by atoms with Gasteiger partial charge in [0, 0.05) is 16.6 Å². The minimum absolute atomic E-state index is 0.0553. The lowest BCUT2D eigenvalue weighted by atomic mass is 10.1. The van der Waals surface area contributed by atoms with Gasteiger partial charge in [0.2, 0.25) is 0 Å². The van der Waals surface area contributed by atoms with E-state index >= 15 is 0 Å². The van der Waals surface area contributed by atoms with Gasteiger partial charge in [-0.3, -0.25) is 0 Å². The van der Waals surface area contributed by atoms with E-state index in [9.17, 15) is 0 Å². The van der Waals surface area contributed by atoms with E-state index in [1.54, 1.807) is 0 Å². The van der Waals surface area contributed by atoms with Gasteiger partial charge in [-0.05, 0) is 31.5 Å². The van der Waals surface area contributed by atoms with Crippen molar-refractivity contribution >= 4 is 11.6 Å². The topological polar surface area (TPSA) is 35.2 Å². The molecule has 1 atom stereocenters. The highest BCUT2D eigenvalue weighted by molar-refractivity contribution is 6.30. The van der Waals surface area contributed by atoms with Crippen molar-refractivity contribution in [1.29, 1.82) is 0 Å². The molecule has 0 aliphatic rings. The van der Waals surface area contributed by atoms with Crippen LogP contribution in [0.15, 0.2) is 18.2 Å². The molecule has 0 amide bonds. The molecule has 2 nitrogen and oxygen atoms in total. The quantitative estimate of drug-likeness (QED) is 0.781. The highest BCUT2D eigenvalue weighted by atomic mass is 35.5. The molecule has 1 rings (SSSR count). The van der Waals surface area contributed by atoms with E-state index in [0.717, 1.165) is 30.8 Å². The summed E-state index contributed by atoms with van der Waals surface area (Å²) in [5.41, 5.74) is 6.82. The third-order valence-corrected chi connectivity index (χ3v) is 2.45. The lowest BCUT2D eigenvalue weighted by Crippen LogP contribution is -2.08. The van der Waals surface area contributed by atoms with Crippen molar-refractivity contribution in [1.82, 2.24) is 0 Å². The van der Waals surface area contributed by atoms with Crippen LogP contribution in [0.25, 0.3) is 0 Å². The van der Waals surface area contributed by atoms with Gasteiger partial charge in [0.15, 0.2) is 0 Å². The van der Waals surface area contributed by atoms with Crippen LogP contribution in [0.2, 0.25) is 5.02 Å². The van der Waals surface area contributed by atoms with Gasteiger partial charge in [0.05, 0.1) is 6.61 Å². The zero-order chi connectivity index (χ0) is 11.3. The molecule has 15 heavy (non-hydrogen) atoms. The van der Waals surface area contributed by atoms with Gasteiger partial charge >= 0.3 is 0 Å². The Bertz CT molecular complexity index is 312. The summed E-state index contributed by atoms with van der Waals surface area (Å²) < 4.78 is 5.66. The van der Waals surface area contributed by atoms with Crippen molar-refractivity contribution in [2.75, 3.05) is 6.61 Å². The third-order valence-electron chi connectivity index (χ3n) is 2.22. The minimum Gasteiger partial charge on any atom is -0.493 e. The molecule has 0 aliphatic heterocycles. The molecule has 84 valence electrons. The van der Waals surface area contributed by atoms with E-state index in [0.29, 0.717) is 5.02 Å². The van der Waals surface area contributed by atoms with E-state index in [2.05, 4.69) is 6.92 Å². The SMILES string of the molecule is CCCCOc1ccc(Cl)cc1[C@@H](C)N. The van der Waals surface area contributed by atoms with Gasteiger partial charge in [-0.2, -0.15) is 0 Å². The molecule has 0 fully saturated rings. The van der Waals surface area contributed by atoms with Crippen LogP contribution in [-0.2, 0) is 0 Å². The predicted octanol–water partition coefficient (Wildman–Crippen LogP) is 3.54. The Labute approximate surface area is 96.4 Å². The van der Waals surface area contributed by atoms with Crippen LogP contribution < -0.4 is 10.5 Å². The normalized spacial score (nSPS) is 12.5. The Morgan fingerprint density at radius 1 is 1.47 bits per heavy atom. The lowest BCUT2D eigenvalue weighted by Gasteiger charge is -2.14. The van der Waals surface area contributed by atoms with Crippen LogP contribution >= 0.6 is 11.6 Å². The number of benzene rings is 1. The number of hydrogen-bond acceptors (Lipinski definition) is 2. The summed E-state index contributed by atoms with van der Waals surface area (Å²) in [6, 6.07) is 5.53. The highest BCUT2D eigenvalue weighted by Gasteiger charge is 2.08. The van der Waals surface area contributed by atoms with Crippen LogP contribution in [0.1, 0.15) is 38.3 Å². The number of ether oxygens (including phenoxy) is 1. The number of nitrogens with two attached hydrogens (primary N) is 1. The summed E-state index contributed by atoms with van der Waals surface area (Å²) >= 11 is 5.91. The Morgan fingerprint density at radius 3 is 2.80 bits per heavy atom. The van der Waals surface area contributed by atoms with Gasteiger partial charge in [-0.1, -0.05) is 24.9 Å². The largest absolute Gasteiger partial charge is 0.493 e. The molecule has 0 unspecified atom stereocenters. The summed E-state index contributed by atoms with van der Waals surface area (Å²) in [6.07, 6.45) is 2.18. The summed E-state index contributed by atoms with van der Waals surface area (Å²) in [6.45, 7) is 4.80. The van der Waals surface area contributed by atoms with Crippen LogP contribution in [-0.4, -0.2) is 6.61 Å². The fourth-order valence-electron chi connectivity index (χ4n) is 1.33. The molecule has 0 radical (unpaired) electrons. The maximum Gasteiger partial charge on any atom is 0.124 e. The zero-order valence-corrected chi connectivity index (χ0v) is 10.1. The molecule has 2 N–H and O–H groups in total. The second kappa shape index (κ2) is 5.99. The van der Waals surface area contributed by atoms with Crippen LogP contribution in [0.3, 0.4) is 0 Å². The first-order chi connectivity index (χ1) is 7.15. The van der Waals surface area contributed by atoms with Gasteiger partial charge in [0.1, 0.15) is 5.75 Å². The fraction of sp³-hybridized carbons (Fsp3) is 0.500. The van der Waals surface area contributed by atoms with Crippen molar-refractivity contribution in [2.45, 2.75) is 32.7 Å². The molecule has 0 aliphatic carbocycles. The smallest absolute Gasteiger partial charge is 0.124 e. The Hall–Kier alpha value is -0.730. The van der Waals surface area contributed by atoms with Crippen LogP contribution in [0.5, 0.6) is 5.75 Å². The first kappa shape index (κ1) is 12.3. The Balaban J connectivity index is 2.77. The molecule has 0 heterocycles. The predicted molar refractivity (Wildman–Crippen MR) is 64.5 cm³/mol. The second-order valence-corrected chi connectivity index (χ2v) is 4.11. The third kappa shape index (κ3) is 3.73. The van der Waals surface area contributed by atoms with Crippen molar-refractivity contribution < 1.29 is 4.74 Å². The van der Waals surface area contributed by atoms with E-state index in [1.165, 1.54) is 0 Å². The summed E-state index contributed by atoms with van der Waals surface area (Å²) in [7, 11) is 0. The van der Waals surface area contributed by atoms with E-state index in [-0.39, 0.29) is 6.04 Å². The van der Waals surface area contributed by atoms with Crippen molar-refractivity contribution in [3.63, 3.8) is 0 Å². The van der Waals surface area contributed by atoms with E-state index in [1.807, 2.05) is 25.1 Å². The summed E-state index contributed by atoms with van der Waals surface area (Å²) in [5, 5.41) is 0.699. The fourth-order valence-corrected chi connectivity index (χ4v) is 1.51. The van der Waals surface area contributed by atoms with Crippen LogP contribution in [0, 0.1) is 0 Å². The molecule has 0 bridgehead atoms. The molecular formula is C12H18ClNO. The molecule has 0 spiro atoms. The Kier molecular flexibility index (Phi) is 4.92. The number of halogens is 1. The number of unbranched alkanes of at least 4 members (excludes halogenated alkanes) is 1. The first-order valence-electron chi connectivity index (χ1n) is 5.33. The first-order valence-corrected chi connectivity index (χ1v) is 5.70. The molecule has 3 heteroatoms.